The topological polar surface area (TPSA) is 62.1 Å². The van der Waals surface area contributed by atoms with E-state index in [0.717, 1.165) is 12.5 Å². The summed E-state index contributed by atoms with van der Waals surface area (Å²) in [5.41, 5.74) is 0.417. The third-order valence-electron chi connectivity index (χ3n) is 3.01. The van der Waals surface area contributed by atoms with Crippen molar-refractivity contribution in [1.82, 2.24) is 0 Å². The number of hydrogen-bond donors (Lipinski definition) is 1. The first kappa shape index (κ1) is 12.5. The van der Waals surface area contributed by atoms with Crippen LogP contribution in [0, 0.1) is 23.1 Å². The van der Waals surface area contributed by atoms with Gasteiger partial charge in [0.25, 0.3) is 5.91 Å². The average Bonchev–Trinajstić information content (AvgIpc) is 2.77. The zero-order valence-electron chi connectivity index (χ0n) is 9.94. The lowest BCUT2D eigenvalue weighted by Gasteiger charge is -2.15. The Morgan fingerprint density at radius 1 is 1.61 bits per heavy atom. The standard InChI is InChI=1S/C13H13FN2O2/c1-8-4-5-18-12(8)13(17)16-11-3-2-10(14)6-9(11)7-15/h2-3,6,8,12H,4-5H2,1H3,(H,16,17). The molecule has 0 spiro atoms. The number of carbonyl (C=O) groups excluding carboxylic acids is 1. The van der Waals surface area contributed by atoms with Crippen LogP contribution in [0.2, 0.25) is 0 Å². The first-order valence-corrected chi connectivity index (χ1v) is 5.74. The number of ether oxygens (including phenoxy) is 1. The molecule has 1 aliphatic rings. The van der Waals surface area contributed by atoms with Gasteiger partial charge in [-0.25, -0.2) is 4.39 Å². The van der Waals surface area contributed by atoms with Crippen molar-refractivity contribution >= 4 is 11.6 Å². The third-order valence-corrected chi connectivity index (χ3v) is 3.01. The number of nitrogens with zero attached hydrogens (tertiary/aromatic N) is 1. The molecule has 1 amide bonds. The predicted molar refractivity (Wildman–Crippen MR) is 63.3 cm³/mol. The highest BCUT2D eigenvalue weighted by atomic mass is 19.1. The Morgan fingerprint density at radius 2 is 2.39 bits per heavy atom. The van der Waals surface area contributed by atoms with Crippen molar-refractivity contribution < 1.29 is 13.9 Å². The monoisotopic (exact) mass is 248 g/mol. The Hall–Kier alpha value is -1.93. The van der Waals surface area contributed by atoms with Crippen molar-refractivity contribution in [2.45, 2.75) is 19.4 Å². The summed E-state index contributed by atoms with van der Waals surface area (Å²) >= 11 is 0. The molecule has 2 unspecified atom stereocenters. The number of amides is 1. The molecule has 1 aromatic rings. The number of benzene rings is 1. The molecule has 2 atom stereocenters. The number of hydrogen-bond acceptors (Lipinski definition) is 3. The van der Waals surface area contributed by atoms with Gasteiger partial charge in [-0.15, -0.1) is 0 Å². The Kier molecular flexibility index (Phi) is 3.58. The van der Waals surface area contributed by atoms with Gasteiger partial charge < -0.3 is 10.1 Å². The second kappa shape index (κ2) is 5.15. The molecule has 5 heteroatoms. The summed E-state index contributed by atoms with van der Waals surface area (Å²) in [7, 11) is 0. The Balaban J connectivity index is 2.14. The van der Waals surface area contributed by atoms with Gasteiger partial charge in [0.2, 0.25) is 0 Å². The largest absolute Gasteiger partial charge is 0.368 e. The fourth-order valence-corrected chi connectivity index (χ4v) is 1.95. The van der Waals surface area contributed by atoms with E-state index in [1.807, 2.05) is 13.0 Å². The molecule has 1 aromatic carbocycles. The fourth-order valence-electron chi connectivity index (χ4n) is 1.95. The van der Waals surface area contributed by atoms with E-state index in [2.05, 4.69) is 5.32 Å². The van der Waals surface area contributed by atoms with Crippen LogP contribution in [0.25, 0.3) is 0 Å². The Labute approximate surface area is 104 Å². The molecule has 18 heavy (non-hydrogen) atoms. The molecule has 1 N–H and O–H groups in total. The van der Waals surface area contributed by atoms with Gasteiger partial charge in [-0.05, 0) is 30.5 Å². The van der Waals surface area contributed by atoms with Gasteiger partial charge in [-0.2, -0.15) is 5.26 Å². The summed E-state index contributed by atoms with van der Waals surface area (Å²) < 4.78 is 18.3. The summed E-state index contributed by atoms with van der Waals surface area (Å²) in [5.74, 6) is -0.644. The Morgan fingerprint density at radius 3 is 3.00 bits per heavy atom. The minimum absolute atomic E-state index is 0.106. The Bertz CT molecular complexity index is 510. The molecule has 94 valence electrons. The van der Waals surface area contributed by atoms with E-state index in [1.165, 1.54) is 12.1 Å². The summed E-state index contributed by atoms with van der Waals surface area (Å²) in [5, 5.41) is 11.5. The molecule has 0 saturated carbocycles. The van der Waals surface area contributed by atoms with Crippen LogP contribution in [0.1, 0.15) is 18.9 Å². The quantitative estimate of drug-likeness (QED) is 0.871. The molecule has 0 radical (unpaired) electrons. The number of rotatable bonds is 2. The van der Waals surface area contributed by atoms with E-state index in [0.29, 0.717) is 12.3 Å². The maximum Gasteiger partial charge on any atom is 0.253 e. The minimum atomic E-state index is -0.505. The predicted octanol–water partition coefficient (Wildman–Crippen LogP) is 2.06. The minimum Gasteiger partial charge on any atom is -0.368 e. The molecular formula is C13H13FN2O2. The van der Waals surface area contributed by atoms with Gasteiger partial charge >= 0.3 is 0 Å². The molecule has 1 saturated heterocycles. The number of anilines is 1. The van der Waals surface area contributed by atoms with Crippen LogP contribution >= 0.6 is 0 Å². The SMILES string of the molecule is CC1CCOC1C(=O)Nc1ccc(F)cc1C#N. The van der Waals surface area contributed by atoms with E-state index >= 15 is 0 Å². The summed E-state index contributed by atoms with van der Waals surface area (Å²) in [6.07, 6.45) is 0.341. The van der Waals surface area contributed by atoms with Crippen LogP contribution in [-0.4, -0.2) is 18.6 Å². The molecule has 0 aromatic heterocycles. The fraction of sp³-hybridized carbons (Fsp3) is 0.385. The van der Waals surface area contributed by atoms with Crippen molar-refractivity contribution in [3.63, 3.8) is 0 Å². The summed E-state index contributed by atoms with van der Waals surface area (Å²) in [6, 6.07) is 5.52. The highest BCUT2D eigenvalue weighted by molar-refractivity contribution is 5.95. The van der Waals surface area contributed by atoms with Crippen molar-refractivity contribution in [2.75, 3.05) is 11.9 Å². The van der Waals surface area contributed by atoms with Crippen molar-refractivity contribution in [3.05, 3.63) is 29.6 Å². The lowest BCUT2D eigenvalue weighted by Crippen LogP contribution is -2.31. The first-order valence-electron chi connectivity index (χ1n) is 5.74. The van der Waals surface area contributed by atoms with E-state index in [1.54, 1.807) is 0 Å². The lowest BCUT2D eigenvalue weighted by molar-refractivity contribution is -0.126. The lowest BCUT2D eigenvalue weighted by atomic mass is 10.0. The van der Waals surface area contributed by atoms with Crippen molar-refractivity contribution in [1.29, 1.82) is 5.26 Å². The number of halogens is 1. The number of carbonyl (C=O) groups is 1. The maximum absolute atomic E-state index is 12.9. The molecule has 4 nitrogen and oxygen atoms in total. The van der Waals surface area contributed by atoms with Gasteiger partial charge in [0.1, 0.15) is 18.0 Å². The van der Waals surface area contributed by atoms with Crippen LogP contribution in [0.5, 0.6) is 0 Å². The van der Waals surface area contributed by atoms with Crippen LogP contribution in [0.4, 0.5) is 10.1 Å². The third kappa shape index (κ3) is 2.49. The molecule has 2 rings (SSSR count). The molecule has 1 heterocycles. The highest BCUT2D eigenvalue weighted by Crippen LogP contribution is 2.23. The molecule has 1 aliphatic heterocycles. The maximum atomic E-state index is 12.9. The van der Waals surface area contributed by atoms with Crippen LogP contribution < -0.4 is 5.32 Å². The van der Waals surface area contributed by atoms with Crippen LogP contribution in [-0.2, 0) is 9.53 Å². The van der Waals surface area contributed by atoms with Crippen LogP contribution in [0.15, 0.2) is 18.2 Å². The summed E-state index contributed by atoms with van der Waals surface area (Å²) in [4.78, 5) is 11.9. The van der Waals surface area contributed by atoms with E-state index in [-0.39, 0.29) is 17.4 Å². The van der Waals surface area contributed by atoms with Gasteiger partial charge in [-0.1, -0.05) is 6.92 Å². The first-order chi connectivity index (χ1) is 8.61. The van der Waals surface area contributed by atoms with E-state index in [4.69, 9.17) is 10.00 Å². The summed E-state index contributed by atoms with van der Waals surface area (Å²) in [6.45, 7) is 2.50. The van der Waals surface area contributed by atoms with Gasteiger partial charge in [0, 0.05) is 6.61 Å². The second-order valence-corrected chi connectivity index (χ2v) is 4.35. The van der Waals surface area contributed by atoms with Gasteiger partial charge in [0.15, 0.2) is 0 Å². The highest BCUT2D eigenvalue weighted by Gasteiger charge is 2.31. The van der Waals surface area contributed by atoms with Crippen molar-refractivity contribution in [3.8, 4) is 6.07 Å². The van der Waals surface area contributed by atoms with Gasteiger partial charge in [-0.3, -0.25) is 4.79 Å². The van der Waals surface area contributed by atoms with E-state index < -0.39 is 11.9 Å². The van der Waals surface area contributed by atoms with E-state index in [9.17, 15) is 9.18 Å². The second-order valence-electron chi connectivity index (χ2n) is 4.35. The molecule has 1 fully saturated rings. The number of nitrogens with one attached hydrogen (secondary N) is 1. The zero-order chi connectivity index (χ0) is 13.1. The zero-order valence-corrected chi connectivity index (χ0v) is 9.94. The molecular weight excluding hydrogens is 235 g/mol. The molecule has 0 aliphatic carbocycles. The molecule has 0 bridgehead atoms. The van der Waals surface area contributed by atoms with Crippen LogP contribution in [0.3, 0.4) is 0 Å². The van der Waals surface area contributed by atoms with Gasteiger partial charge in [0.05, 0.1) is 11.3 Å². The average molecular weight is 248 g/mol. The van der Waals surface area contributed by atoms with Crippen molar-refractivity contribution in [2.24, 2.45) is 5.92 Å². The smallest absolute Gasteiger partial charge is 0.253 e. The number of nitriles is 1. The normalized spacial score (nSPS) is 22.5.